The molecule has 3 aliphatic heterocycles. The summed E-state index contributed by atoms with van der Waals surface area (Å²) in [7, 11) is 0. The van der Waals surface area contributed by atoms with E-state index in [1.165, 1.54) is 33.4 Å². The first-order valence-corrected chi connectivity index (χ1v) is 18.1. The normalized spacial score (nSPS) is 23.1. The van der Waals surface area contributed by atoms with E-state index in [9.17, 15) is 0 Å². The molecule has 0 spiro atoms. The summed E-state index contributed by atoms with van der Waals surface area (Å²) in [6, 6.07) is 0. The molecule has 0 bridgehead atoms. The summed E-state index contributed by atoms with van der Waals surface area (Å²) in [4.78, 5) is 7.46. The molecule has 3 saturated heterocycles. The van der Waals surface area contributed by atoms with Crippen LogP contribution in [0.25, 0.3) is 0 Å². The maximum atomic E-state index is 5.93. The quantitative estimate of drug-likeness (QED) is 0.441. The van der Waals surface area contributed by atoms with Crippen LogP contribution >= 0.6 is 0 Å². The van der Waals surface area contributed by atoms with Gasteiger partial charge in [0.15, 0.2) is 0 Å². The van der Waals surface area contributed by atoms with Gasteiger partial charge >= 0.3 is 0 Å². The average molecular weight is 682 g/mol. The van der Waals surface area contributed by atoms with Crippen molar-refractivity contribution in [3.63, 3.8) is 0 Å². The first kappa shape index (κ1) is 39.5. The van der Waals surface area contributed by atoms with Crippen LogP contribution in [0, 0.1) is 20.8 Å². The van der Waals surface area contributed by atoms with Gasteiger partial charge in [-0.1, -0.05) is 0 Å². The fourth-order valence-corrected chi connectivity index (χ4v) is 6.37. The van der Waals surface area contributed by atoms with Gasteiger partial charge < -0.3 is 42.6 Å². The van der Waals surface area contributed by atoms with Gasteiger partial charge in [0.05, 0.1) is 119 Å². The highest BCUT2D eigenvalue weighted by Crippen LogP contribution is 2.31. The Morgan fingerprint density at radius 1 is 0.292 bits per heavy atom. The van der Waals surface area contributed by atoms with Crippen molar-refractivity contribution in [2.75, 3.05) is 158 Å². The van der Waals surface area contributed by atoms with Crippen LogP contribution in [0.4, 0.5) is 0 Å². The van der Waals surface area contributed by atoms with E-state index in [1.54, 1.807) is 0 Å². The van der Waals surface area contributed by atoms with Crippen LogP contribution in [0.2, 0.25) is 0 Å². The summed E-state index contributed by atoms with van der Waals surface area (Å²) in [5, 5.41) is 0. The molecule has 12 heteroatoms. The van der Waals surface area contributed by atoms with Gasteiger partial charge in [0.1, 0.15) is 0 Å². The molecule has 0 saturated carbocycles. The van der Waals surface area contributed by atoms with Crippen molar-refractivity contribution in [2.45, 2.75) is 40.4 Å². The molecule has 0 aromatic heterocycles. The van der Waals surface area contributed by atoms with E-state index >= 15 is 0 Å². The molecule has 12 nitrogen and oxygen atoms in total. The second-order valence-electron chi connectivity index (χ2n) is 12.7. The van der Waals surface area contributed by atoms with Crippen molar-refractivity contribution in [3.8, 4) is 0 Å². The highest BCUT2D eigenvalue weighted by atomic mass is 16.6. The smallest absolute Gasteiger partial charge is 0.0701 e. The van der Waals surface area contributed by atoms with Crippen molar-refractivity contribution in [2.24, 2.45) is 0 Å². The first-order valence-electron chi connectivity index (χ1n) is 18.1. The molecule has 1 aromatic carbocycles. The third-order valence-electron chi connectivity index (χ3n) is 9.40. The zero-order chi connectivity index (χ0) is 33.7. The van der Waals surface area contributed by atoms with Crippen LogP contribution in [-0.4, -0.2) is 173 Å². The molecule has 0 radical (unpaired) electrons. The monoisotopic (exact) mass is 681 g/mol. The SMILES string of the molecule is Cc1c(CN2CCOCCOCCOCC2)c(C)c(CN2CCOCCOCCOCC2)c(C)c1CN1CCOCCOCCOCC1. The second-order valence-corrected chi connectivity index (χ2v) is 12.7. The summed E-state index contributed by atoms with van der Waals surface area (Å²) in [6.45, 7) is 25.8. The lowest BCUT2D eigenvalue weighted by Gasteiger charge is -2.32. The Labute approximate surface area is 289 Å². The number of hydrogen-bond acceptors (Lipinski definition) is 12. The van der Waals surface area contributed by atoms with Crippen molar-refractivity contribution in [1.29, 1.82) is 0 Å². The van der Waals surface area contributed by atoms with E-state index in [0.717, 1.165) is 58.9 Å². The molecule has 0 aliphatic carbocycles. The van der Waals surface area contributed by atoms with Gasteiger partial charge in [0.2, 0.25) is 0 Å². The van der Waals surface area contributed by atoms with Crippen molar-refractivity contribution in [1.82, 2.24) is 14.7 Å². The van der Waals surface area contributed by atoms with E-state index in [1.807, 2.05) is 0 Å². The first-order chi connectivity index (χ1) is 23.6. The minimum atomic E-state index is 0.604. The summed E-state index contributed by atoms with van der Waals surface area (Å²) in [5.41, 5.74) is 8.32. The van der Waals surface area contributed by atoms with Crippen LogP contribution in [-0.2, 0) is 62.3 Å². The summed E-state index contributed by atoms with van der Waals surface area (Å²) < 4.78 is 52.4. The van der Waals surface area contributed by atoms with Crippen molar-refractivity contribution < 1.29 is 42.6 Å². The van der Waals surface area contributed by atoms with Gasteiger partial charge in [-0.05, 0) is 54.2 Å². The van der Waals surface area contributed by atoms with Gasteiger partial charge in [-0.25, -0.2) is 0 Å². The summed E-state index contributed by atoms with van der Waals surface area (Å²) >= 11 is 0. The van der Waals surface area contributed by atoms with E-state index in [4.69, 9.17) is 42.6 Å². The molecule has 3 heterocycles. The minimum absolute atomic E-state index is 0.604. The highest BCUT2D eigenvalue weighted by Gasteiger charge is 2.23. The Morgan fingerprint density at radius 3 is 0.646 bits per heavy atom. The van der Waals surface area contributed by atoms with Gasteiger partial charge in [0.25, 0.3) is 0 Å². The molecular formula is C36H63N3O9. The minimum Gasteiger partial charge on any atom is -0.378 e. The topological polar surface area (TPSA) is 92.8 Å². The number of hydrogen-bond donors (Lipinski definition) is 0. The number of benzene rings is 1. The Morgan fingerprint density at radius 2 is 0.458 bits per heavy atom. The molecule has 4 rings (SSSR count). The van der Waals surface area contributed by atoms with Gasteiger partial charge in [-0.2, -0.15) is 0 Å². The third-order valence-corrected chi connectivity index (χ3v) is 9.40. The van der Waals surface area contributed by atoms with E-state index < -0.39 is 0 Å². The average Bonchev–Trinajstić information content (AvgIpc) is 3.06. The van der Waals surface area contributed by atoms with Crippen LogP contribution < -0.4 is 0 Å². The number of rotatable bonds is 6. The zero-order valence-corrected chi connectivity index (χ0v) is 30.1. The predicted octanol–water partition coefficient (Wildman–Crippen LogP) is 2.21. The number of ether oxygens (including phenoxy) is 9. The lowest BCUT2D eigenvalue weighted by molar-refractivity contribution is -0.00742. The molecule has 0 N–H and O–H groups in total. The molecular weight excluding hydrogens is 618 g/mol. The van der Waals surface area contributed by atoms with Gasteiger partial charge in [0, 0.05) is 58.9 Å². The second kappa shape index (κ2) is 24.0. The zero-order valence-electron chi connectivity index (χ0n) is 30.1. The third kappa shape index (κ3) is 14.5. The Balaban J connectivity index is 1.61. The summed E-state index contributed by atoms with van der Waals surface area (Å²) in [6.07, 6.45) is 0. The molecule has 1 aromatic rings. The molecule has 48 heavy (non-hydrogen) atoms. The highest BCUT2D eigenvalue weighted by molar-refractivity contribution is 5.50. The van der Waals surface area contributed by atoms with Crippen molar-refractivity contribution >= 4 is 0 Å². The lowest BCUT2D eigenvalue weighted by Crippen LogP contribution is -2.35. The molecule has 276 valence electrons. The Hall–Kier alpha value is -1.26. The lowest BCUT2D eigenvalue weighted by atomic mass is 9.87. The van der Waals surface area contributed by atoms with Crippen LogP contribution in [0.5, 0.6) is 0 Å². The Kier molecular flexibility index (Phi) is 19.8. The molecule has 3 fully saturated rings. The maximum Gasteiger partial charge on any atom is 0.0701 e. The molecule has 0 atom stereocenters. The van der Waals surface area contributed by atoms with Crippen molar-refractivity contribution in [3.05, 3.63) is 33.4 Å². The molecule has 3 aliphatic rings. The molecule has 0 amide bonds. The number of nitrogens with zero attached hydrogens (tertiary/aromatic N) is 3. The predicted molar refractivity (Wildman–Crippen MR) is 184 cm³/mol. The largest absolute Gasteiger partial charge is 0.378 e. The van der Waals surface area contributed by atoms with E-state index in [-0.39, 0.29) is 0 Å². The van der Waals surface area contributed by atoms with E-state index in [2.05, 4.69) is 35.5 Å². The fraction of sp³-hybridized carbons (Fsp3) is 0.833. The van der Waals surface area contributed by atoms with Crippen LogP contribution in [0.1, 0.15) is 33.4 Å². The maximum absolute atomic E-state index is 5.93. The van der Waals surface area contributed by atoms with Crippen LogP contribution in [0.3, 0.4) is 0 Å². The molecule has 0 unspecified atom stereocenters. The van der Waals surface area contributed by atoms with Gasteiger partial charge in [-0.3, -0.25) is 14.7 Å². The Bertz CT molecular complexity index is 837. The fourth-order valence-electron chi connectivity index (χ4n) is 6.37. The van der Waals surface area contributed by atoms with E-state index in [0.29, 0.717) is 119 Å². The standard InChI is InChI=1S/C36H63N3O9/c1-31-34(28-37-4-10-40-16-22-46-23-17-41-11-5-37)32(2)36(30-39-8-14-44-20-26-48-27-21-45-15-9-39)33(3)35(31)29-38-6-12-42-18-24-47-25-19-43-13-7-38/h4-30H2,1-3H3. The van der Waals surface area contributed by atoms with Gasteiger partial charge in [-0.15, -0.1) is 0 Å². The summed E-state index contributed by atoms with van der Waals surface area (Å²) in [5.74, 6) is 0. The van der Waals surface area contributed by atoms with Crippen LogP contribution in [0.15, 0.2) is 0 Å².